The molecule has 0 aliphatic heterocycles. The number of carboxylic acids is 1. The Morgan fingerprint density at radius 1 is 1.47 bits per heavy atom. The summed E-state index contributed by atoms with van der Waals surface area (Å²) in [5.41, 5.74) is 4.30. The van der Waals surface area contributed by atoms with Crippen molar-refractivity contribution in [1.29, 1.82) is 0 Å². The fraction of sp³-hybridized carbons (Fsp3) is 0.200. The SMILES string of the molecule is NC(=O)OCCNc1ccc(C(=O)O)cc1[N+](=O)[O-]. The predicted molar refractivity (Wildman–Crippen MR) is 64.1 cm³/mol. The molecule has 0 saturated heterocycles. The fourth-order valence-corrected chi connectivity index (χ4v) is 1.30. The molecule has 0 radical (unpaired) electrons. The molecular formula is C10H11N3O6. The van der Waals surface area contributed by atoms with Gasteiger partial charge in [-0.2, -0.15) is 0 Å². The fourth-order valence-electron chi connectivity index (χ4n) is 1.30. The average Bonchev–Trinajstić information content (AvgIpc) is 2.34. The maximum atomic E-state index is 10.8. The van der Waals surface area contributed by atoms with Crippen LogP contribution in [-0.2, 0) is 4.74 Å². The van der Waals surface area contributed by atoms with Crippen LogP contribution in [0.15, 0.2) is 18.2 Å². The summed E-state index contributed by atoms with van der Waals surface area (Å²) in [6.07, 6.45) is -0.947. The summed E-state index contributed by atoms with van der Waals surface area (Å²) in [4.78, 5) is 31.1. The number of nitrogens with one attached hydrogen (secondary N) is 1. The molecule has 0 aliphatic rings. The van der Waals surface area contributed by atoms with E-state index in [1.54, 1.807) is 0 Å². The first-order chi connectivity index (χ1) is 8.91. The van der Waals surface area contributed by atoms with Gasteiger partial charge in [-0.25, -0.2) is 9.59 Å². The number of aromatic carboxylic acids is 1. The van der Waals surface area contributed by atoms with E-state index in [0.717, 1.165) is 6.07 Å². The second-order valence-corrected chi connectivity index (χ2v) is 3.39. The molecule has 9 heteroatoms. The minimum atomic E-state index is -1.26. The molecule has 102 valence electrons. The predicted octanol–water partition coefficient (Wildman–Crippen LogP) is 0.800. The van der Waals surface area contributed by atoms with Crippen molar-refractivity contribution in [1.82, 2.24) is 0 Å². The van der Waals surface area contributed by atoms with E-state index in [0.29, 0.717) is 0 Å². The van der Waals surface area contributed by atoms with E-state index in [1.807, 2.05) is 0 Å². The van der Waals surface area contributed by atoms with Gasteiger partial charge in [-0.05, 0) is 12.1 Å². The number of nitrogens with two attached hydrogens (primary N) is 1. The molecule has 0 spiro atoms. The lowest BCUT2D eigenvalue weighted by Crippen LogP contribution is -2.18. The van der Waals surface area contributed by atoms with Crippen LogP contribution in [0.1, 0.15) is 10.4 Å². The van der Waals surface area contributed by atoms with Crippen molar-refractivity contribution in [3.8, 4) is 0 Å². The molecule has 1 amide bonds. The van der Waals surface area contributed by atoms with E-state index in [9.17, 15) is 19.7 Å². The molecule has 0 fully saturated rings. The number of carboxylic acid groups (broad SMARTS) is 1. The van der Waals surface area contributed by atoms with Crippen molar-refractivity contribution < 1.29 is 24.4 Å². The number of hydrogen-bond donors (Lipinski definition) is 3. The molecule has 0 heterocycles. The molecule has 0 aromatic heterocycles. The van der Waals surface area contributed by atoms with Gasteiger partial charge in [-0.15, -0.1) is 0 Å². The van der Waals surface area contributed by atoms with Crippen LogP contribution >= 0.6 is 0 Å². The Morgan fingerprint density at radius 3 is 2.68 bits per heavy atom. The molecular weight excluding hydrogens is 258 g/mol. The second kappa shape index (κ2) is 6.19. The topological polar surface area (TPSA) is 145 Å². The van der Waals surface area contributed by atoms with Gasteiger partial charge in [0.15, 0.2) is 0 Å². The molecule has 0 saturated carbocycles. The summed E-state index contributed by atoms with van der Waals surface area (Å²) in [6.45, 7) is 0.0450. The molecule has 19 heavy (non-hydrogen) atoms. The lowest BCUT2D eigenvalue weighted by molar-refractivity contribution is -0.384. The highest BCUT2D eigenvalue weighted by Gasteiger charge is 2.16. The number of nitro benzene ring substituents is 1. The number of primary amides is 1. The van der Waals surface area contributed by atoms with E-state index in [-0.39, 0.29) is 30.1 Å². The Hall–Kier alpha value is -2.84. The van der Waals surface area contributed by atoms with Gasteiger partial charge in [0.1, 0.15) is 12.3 Å². The highest BCUT2D eigenvalue weighted by atomic mass is 16.6. The third-order valence-corrected chi connectivity index (χ3v) is 2.10. The Balaban J connectivity index is 2.79. The van der Waals surface area contributed by atoms with Gasteiger partial charge in [0.05, 0.1) is 10.5 Å². The minimum absolute atomic E-state index is 0.0623. The third kappa shape index (κ3) is 4.15. The quantitative estimate of drug-likeness (QED) is 0.393. The monoisotopic (exact) mass is 269 g/mol. The average molecular weight is 269 g/mol. The summed E-state index contributed by atoms with van der Waals surface area (Å²) in [7, 11) is 0. The van der Waals surface area contributed by atoms with Crippen LogP contribution in [0.2, 0.25) is 0 Å². The Bertz CT molecular complexity index is 516. The molecule has 4 N–H and O–H groups in total. The number of amides is 1. The van der Waals surface area contributed by atoms with E-state index in [4.69, 9.17) is 10.8 Å². The number of nitrogens with zero attached hydrogens (tertiary/aromatic N) is 1. The van der Waals surface area contributed by atoms with E-state index >= 15 is 0 Å². The number of carbonyl (C=O) groups is 2. The van der Waals surface area contributed by atoms with Crippen LogP contribution in [-0.4, -0.2) is 35.2 Å². The molecule has 1 aromatic rings. The number of hydrogen-bond acceptors (Lipinski definition) is 6. The Labute approximate surface area is 107 Å². The van der Waals surface area contributed by atoms with Crippen LogP contribution in [0.5, 0.6) is 0 Å². The van der Waals surface area contributed by atoms with E-state index in [1.165, 1.54) is 12.1 Å². The van der Waals surface area contributed by atoms with Crippen molar-refractivity contribution in [3.05, 3.63) is 33.9 Å². The highest BCUT2D eigenvalue weighted by Crippen LogP contribution is 2.25. The molecule has 1 rings (SSSR count). The lowest BCUT2D eigenvalue weighted by Gasteiger charge is -2.07. The van der Waals surface area contributed by atoms with Crippen molar-refractivity contribution in [2.45, 2.75) is 0 Å². The standard InChI is InChI=1S/C10H11N3O6/c11-10(16)19-4-3-12-7-2-1-6(9(14)15)5-8(7)13(17)18/h1-2,5,12H,3-4H2,(H2,11,16)(H,14,15). The zero-order valence-electron chi connectivity index (χ0n) is 9.66. The van der Waals surface area contributed by atoms with Gasteiger partial charge in [-0.1, -0.05) is 0 Å². The van der Waals surface area contributed by atoms with Gasteiger partial charge >= 0.3 is 12.1 Å². The van der Waals surface area contributed by atoms with Gasteiger partial charge in [-0.3, -0.25) is 10.1 Å². The van der Waals surface area contributed by atoms with Crippen LogP contribution in [0.25, 0.3) is 0 Å². The second-order valence-electron chi connectivity index (χ2n) is 3.39. The first-order valence-electron chi connectivity index (χ1n) is 5.09. The van der Waals surface area contributed by atoms with Gasteiger partial charge in [0.2, 0.25) is 0 Å². The highest BCUT2D eigenvalue weighted by molar-refractivity contribution is 5.89. The van der Waals surface area contributed by atoms with Gasteiger partial charge in [0, 0.05) is 12.6 Å². The van der Waals surface area contributed by atoms with Gasteiger partial charge < -0.3 is 20.9 Å². The number of nitro groups is 1. The normalized spacial score (nSPS) is 9.68. The smallest absolute Gasteiger partial charge is 0.404 e. The number of ether oxygens (including phenoxy) is 1. The van der Waals surface area contributed by atoms with E-state index in [2.05, 4.69) is 10.1 Å². The first kappa shape index (κ1) is 14.2. The summed E-state index contributed by atoms with van der Waals surface area (Å²) in [5, 5.41) is 22.2. The van der Waals surface area contributed by atoms with E-state index < -0.39 is 17.0 Å². The third-order valence-electron chi connectivity index (χ3n) is 2.10. The van der Waals surface area contributed by atoms with Crippen LogP contribution in [0.3, 0.4) is 0 Å². The number of benzene rings is 1. The molecule has 0 aliphatic carbocycles. The van der Waals surface area contributed by atoms with Gasteiger partial charge in [0.25, 0.3) is 5.69 Å². The van der Waals surface area contributed by atoms with Crippen LogP contribution in [0.4, 0.5) is 16.2 Å². The van der Waals surface area contributed by atoms with Crippen molar-refractivity contribution in [2.24, 2.45) is 5.73 Å². The number of carbonyl (C=O) groups excluding carboxylic acids is 1. The van der Waals surface area contributed by atoms with Crippen LogP contribution in [0, 0.1) is 10.1 Å². The molecule has 0 unspecified atom stereocenters. The number of anilines is 1. The minimum Gasteiger partial charge on any atom is -0.478 e. The molecule has 0 bridgehead atoms. The lowest BCUT2D eigenvalue weighted by atomic mass is 10.1. The van der Waals surface area contributed by atoms with Crippen molar-refractivity contribution in [2.75, 3.05) is 18.5 Å². The summed E-state index contributed by atoms with van der Waals surface area (Å²) in [5.74, 6) is -1.26. The molecule has 0 atom stereocenters. The van der Waals surface area contributed by atoms with Crippen molar-refractivity contribution in [3.63, 3.8) is 0 Å². The Morgan fingerprint density at radius 2 is 2.16 bits per heavy atom. The number of rotatable bonds is 6. The molecule has 9 nitrogen and oxygen atoms in total. The summed E-state index contributed by atoms with van der Waals surface area (Å²) >= 11 is 0. The van der Waals surface area contributed by atoms with Crippen molar-refractivity contribution >= 4 is 23.4 Å². The zero-order chi connectivity index (χ0) is 14.4. The first-order valence-corrected chi connectivity index (χ1v) is 5.09. The maximum Gasteiger partial charge on any atom is 0.404 e. The zero-order valence-corrected chi connectivity index (χ0v) is 9.66. The summed E-state index contributed by atoms with van der Waals surface area (Å²) in [6, 6.07) is 3.44. The maximum absolute atomic E-state index is 10.8. The summed E-state index contributed by atoms with van der Waals surface area (Å²) < 4.78 is 4.44. The van der Waals surface area contributed by atoms with Crippen LogP contribution < -0.4 is 11.1 Å². The largest absolute Gasteiger partial charge is 0.478 e. The molecule has 1 aromatic carbocycles. The Kier molecular flexibility index (Phi) is 4.63.